The minimum Gasteiger partial charge on any atom is -0.451 e. The van der Waals surface area contributed by atoms with Crippen molar-refractivity contribution >= 4 is 29.5 Å². The third kappa shape index (κ3) is 4.99. The van der Waals surface area contributed by atoms with Crippen LogP contribution in [0, 0.1) is 0 Å². The van der Waals surface area contributed by atoms with Gasteiger partial charge in [-0.2, -0.15) is 13.2 Å². The second-order valence-corrected chi connectivity index (χ2v) is 11.2. The van der Waals surface area contributed by atoms with Crippen LogP contribution in [0.15, 0.2) is 72.3 Å². The van der Waals surface area contributed by atoms with Crippen LogP contribution < -0.4 is 0 Å². The summed E-state index contributed by atoms with van der Waals surface area (Å²) in [6.45, 7) is 0.375. The highest BCUT2D eigenvalue weighted by molar-refractivity contribution is 8.01. The maximum atomic E-state index is 13.8. The van der Waals surface area contributed by atoms with Crippen molar-refractivity contribution in [2.75, 3.05) is 13.1 Å². The number of amides is 2. The van der Waals surface area contributed by atoms with Gasteiger partial charge in [0, 0.05) is 12.1 Å². The summed E-state index contributed by atoms with van der Waals surface area (Å²) in [5.41, 5.74) is 1.73. The van der Waals surface area contributed by atoms with Crippen molar-refractivity contribution in [1.82, 2.24) is 9.80 Å². The fourth-order valence-corrected chi connectivity index (χ4v) is 6.90. The Bertz CT molecular complexity index is 1200. The van der Waals surface area contributed by atoms with E-state index in [2.05, 4.69) is 0 Å². The van der Waals surface area contributed by atoms with E-state index in [1.807, 2.05) is 60.7 Å². The second kappa shape index (κ2) is 9.55. The number of ether oxygens (including phenoxy) is 1. The maximum Gasteiger partial charge on any atom is 0.406 e. The number of alkyl halides is 3. The predicted octanol–water partition coefficient (Wildman–Crippen LogP) is 4.47. The summed E-state index contributed by atoms with van der Waals surface area (Å²) < 4.78 is 43.7. The molecular weight excluding hydrogens is 505 g/mol. The summed E-state index contributed by atoms with van der Waals surface area (Å²) in [4.78, 5) is 41.3. The van der Waals surface area contributed by atoms with E-state index in [4.69, 9.17) is 4.74 Å². The first-order valence-corrected chi connectivity index (χ1v) is 12.8. The van der Waals surface area contributed by atoms with E-state index in [0.717, 1.165) is 16.0 Å². The molecule has 37 heavy (non-hydrogen) atoms. The van der Waals surface area contributed by atoms with Crippen molar-refractivity contribution in [1.29, 1.82) is 0 Å². The van der Waals surface area contributed by atoms with Gasteiger partial charge < -0.3 is 14.5 Å². The number of carbonyl (C=O) groups excluding carboxylic acids is 3. The Morgan fingerprint density at radius 2 is 1.70 bits per heavy atom. The third-order valence-corrected chi connectivity index (χ3v) is 8.38. The van der Waals surface area contributed by atoms with Gasteiger partial charge in [-0.3, -0.25) is 9.59 Å². The Balaban J connectivity index is 1.44. The number of hydrogen-bond acceptors (Lipinski definition) is 5. The number of likely N-dealkylation sites (tertiary alicyclic amines) is 1. The van der Waals surface area contributed by atoms with Crippen molar-refractivity contribution < 1.29 is 32.3 Å². The van der Waals surface area contributed by atoms with E-state index in [0.29, 0.717) is 0 Å². The normalized spacial score (nSPS) is 26.6. The van der Waals surface area contributed by atoms with E-state index in [-0.39, 0.29) is 36.2 Å². The number of esters is 1. The molecule has 3 saturated heterocycles. The molecule has 0 aromatic heterocycles. The molecule has 3 heterocycles. The molecule has 3 atom stereocenters. The van der Waals surface area contributed by atoms with E-state index >= 15 is 0 Å². The predicted molar refractivity (Wildman–Crippen MR) is 131 cm³/mol. The molecule has 2 aromatic rings. The number of nitrogens with zero attached hydrogens (tertiary/aromatic N) is 2. The van der Waals surface area contributed by atoms with Crippen LogP contribution in [0.1, 0.15) is 37.0 Å². The number of carbonyl (C=O) groups is 3. The highest BCUT2D eigenvalue weighted by atomic mass is 32.2. The number of rotatable bonds is 6. The number of thioether (sulfide) groups is 1. The van der Waals surface area contributed by atoms with Crippen molar-refractivity contribution in [2.45, 2.75) is 48.2 Å². The van der Waals surface area contributed by atoms with Gasteiger partial charge in [0.05, 0.1) is 16.5 Å². The Morgan fingerprint density at radius 1 is 1.11 bits per heavy atom. The lowest BCUT2D eigenvalue weighted by molar-refractivity contribution is -0.163. The van der Waals surface area contributed by atoms with Gasteiger partial charge in [-0.1, -0.05) is 66.7 Å². The molecule has 0 aliphatic carbocycles. The zero-order valence-electron chi connectivity index (χ0n) is 20.0. The highest BCUT2D eigenvalue weighted by Gasteiger charge is 2.61. The summed E-state index contributed by atoms with van der Waals surface area (Å²) >= 11 is 1.36. The van der Waals surface area contributed by atoms with Crippen LogP contribution >= 0.6 is 11.8 Å². The Labute approximate surface area is 216 Å². The van der Waals surface area contributed by atoms with Crippen LogP contribution in [0.25, 0.3) is 0 Å². The summed E-state index contributed by atoms with van der Waals surface area (Å²) in [5.74, 6) is -1.52. The molecule has 0 radical (unpaired) electrons. The molecule has 2 aromatic carbocycles. The molecule has 0 bridgehead atoms. The highest BCUT2D eigenvalue weighted by Crippen LogP contribution is 2.53. The van der Waals surface area contributed by atoms with Crippen LogP contribution in [-0.2, 0) is 19.1 Å². The van der Waals surface area contributed by atoms with Gasteiger partial charge >= 0.3 is 12.1 Å². The quantitative estimate of drug-likeness (QED) is 0.313. The topological polar surface area (TPSA) is 66.9 Å². The number of hydrogen-bond donors (Lipinski definition) is 0. The average molecular weight is 531 g/mol. The largest absolute Gasteiger partial charge is 0.451 e. The van der Waals surface area contributed by atoms with Gasteiger partial charge in [0.15, 0.2) is 6.10 Å². The summed E-state index contributed by atoms with van der Waals surface area (Å²) in [6, 6.07) is 17.4. The smallest absolute Gasteiger partial charge is 0.406 e. The number of β-lactam (4-membered cyclic amide) rings is 1. The molecule has 3 fully saturated rings. The first-order valence-electron chi connectivity index (χ1n) is 11.9. The molecular formula is C27H25F3N2O4S. The first-order chi connectivity index (χ1) is 17.6. The zero-order chi connectivity index (χ0) is 26.4. The van der Waals surface area contributed by atoms with E-state index in [9.17, 15) is 27.6 Å². The summed E-state index contributed by atoms with van der Waals surface area (Å²) in [6.07, 6.45) is -3.24. The van der Waals surface area contributed by atoms with Gasteiger partial charge in [0.1, 0.15) is 12.6 Å². The van der Waals surface area contributed by atoms with Crippen LogP contribution in [0.4, 0.5) is 13.2 Å². The molecule has 10 heteroatoms. The van der Waals surface area contributed by atoms with Gasteiger partial charge in [0.25, 0.3) is 0 Å². The maximum absolute atomic E-state index is 13.8. The fraction of sp³-hybridized carbons (Fsp3) is 0.370. The Morgan fingerprint density at radius 3 is 2.24 bits per heavy atom. The molecule has 0 N–H and O–H groups in total. The molecule has 194 valence electrons. The monoisotopic (exact) mass is 530 g/mol. The minimum absolute atomic E-state index is 0.0454. The van der Waals surface area contributed by atoms with E-state index in [1.54, 1.807) is 13.0 Å². The summed E-state index contributed by atoms with van der Waals surface area (Å²) in [7, 11) is 0. The Hall–Kier alpha value is -3.27. The molecule has 3 aliphatic heterocycles. The SMILES string of the molecule is C[C@@]1(C=C2CCN(CC(F)(F)F)C2=O)S[C@@H]2CC(=O)N2[C@H]1C(=O)OC(c1ccccc1)c1ccccc1. The lowest BCUT2D eigenvalue weighted by atomic mass is 9.93. The lowest BCUT2D eigenvalue weighted by Crippen LogP contribution is -2.57. The van der Waals surface area contributed by atoms with Crippen molar-refractivity contribution in [3.05, 3.63) is 83.4 Å². The minimum atomic E-state index is -4.50. The van der Waals surface area contributed by atoms with Gasteiger partial charge in [-0.25, -0.2) is 4.79 Å². The Kier molecular flexibility index (Phi) is 6.55. The van der Waals surface area contributed by atoms with E-state index in [1.165, 1.54) is 16.7 Å². The lowest BCUT2D eigenvalue weighted by Gasteiger charge is -2.38. The summed E-state index contributed by atoms with van der Waals surface area (Å²) in [5, 5.41) is -0.262. The van der Waals surface area contributed by atoms with Crippen LogP contribution in [-0.4, -0.2) is 63.0 Å². The third-order valence-electron chi connectivity index (χ3n) is 6.86. The average Bonchev–Trinajstić information content (AvgIpc) is 3.30. The van der Waals surface area contributed by atoms with Crippen molar-refractivity contribution in [3.8, 4) is 0 Å². The van der Waals surface area contributed by atoms with Crippen LogP contribution in [0.3, 0.4) is 0 Å². The standard InChI is InChI=1S/C27H25F3N2O4S/c1-26(15-19-12-13-31(24(19)34)16-27(28,29)30)23(32-20(33)14-21(32)37-26)25(35)36-22(17-8-4-2-5-9-17)18-10-6-3-7-11-18/h2-11,15,21-23H,12-14,16H2,1H3/t21-,23+,26+/m1/s1. The van der Waals surface area contributed by atoms with Crippen molar-refractivity contribution in [2.24, 2.45) is 0 Å². The molecule has 3 aliphatic rings. The number of benzene rings is 2. The molecule has 0 unspecified atom stereocenters. The molecule has 0 saturated carbocycles. The molecule has 5 rings (SSSR count). The zero-order valence-corrected chi connectivity index (χ0v) is 20.8. The second-order valence-electron chi connectivity index (χ2n) is 9.56. The van der Waals surface area contributed by atoms with Gasteiger partial charge in [0.2, 0.25) is 11.8 Å². The first kappa shape index (κ1) is 25.4. The van der Waals surface area contributed by atoms with E-state index < -0.39 is 41.5 Å². The van der Waals surface area contributed by atoms with Crippen LogP contribution in [0.5, 0.6) is 0 Å². The van der Waals surface area contributed by atoms with Gasteiger partial charge in [-0.05, 0) is 24.5 Å². The number of fused-ring (bicyclic) bond motifs is 1. The molecule has 2 amide bonds. The van der Waals surface area contributed by atoms with Crippen LogP contribution in [0.2, 0.25) is 0 Å². The molecule has 0 spiro atoms. The van der Waals surface area contributed by atoms with Gasteiger partial charge in [-0.15, -0.1) is 11.8 Å². The fourth-order valence-electron chi connectivity index (χ4n) is 5.18. The van der Waals surface area contributed by atoms with Crippen molar-refractivity contribution in [3.63, 3.8) is 0 Å². The number of halogens is 3. The molecule has 6 nitrogen and oxygen atoms in total.